The Labute approximate surface area is 142 Å². The predicted molar refractivity (Wildman–Crippen MR) is 83.9 cm³/mol. The summed E-state index contributed by atoms with van der Waals surface area (Å²) in [7, 11) is 2.44. The molecule has 0 atom stereocenters. The molecule has 9 heteroatoms. The summed E-state index contributed by atoms with van der Waals surface area (Å²) in [6.45, 7) is 0.941. The normalized spacial score (nSPS) is 9.40. The zero-order valence-corrected chi connectivity index (χ0v) is 12.9. The molecule has 0 unspecified atom stereocenters. The van der Waals surface area contributed by atoms with Crippen LogP contribution in [0.4, 0.5) is 23.2 Å². The molecule has 2 aromatic carbocycles. The molecule has 0 aromatic heterocycles. The number of nitro benzene ring substituents is 1. The third kappa shape index (κ3) is 5.07. The lowest BCUT2D eigenvalue weighted by Crippen LogP contribution is -2.03. The van der Waals surface area contributed by atoms with Gasteiger partial charge >= 0.3 is 0 Å². The van der Waals surface area contributed by atoms with Crippen molar-refractivity contribution in [3.63, 3.8) is 0 Å². The molecule has 0 aliphatic heterocycles. The number of methoxy groups -OCH3 is 2. The molecular weight excluding hydrogens is 346 g/mol. The average molecular weight is 363 g/mol. The molecule has 0 N–H and O–H groups in total. The maximum atomic E-state index is 12.8. The smallest absolute Gasteiger partial charge is 0.269 e. The fourth-order valence-corrected chi connectivity index (χ4v) is 1.60. The van der Waals surface area contributed by atoms with Gasteiger partial charge in [0.1, 0.15) is 5.75 Å². The second-order valence-corrected chi connectivity index (χ2v) is 4.37. The van der Waals surface area contributed by atoms with Crippen LogP contribution in [0.3, 0.4) is 0 Å². The Hall–Kier alpha value is -2.84. The van der Waals surface area contributed by atoms with Gasteiger partial charge in [-0.25, -0.2) is 8.78 Å². The minimum atomic E-state index is -1.51. The number of nitrogens with zero attached hydrogens (tertiary/aromatic N) is 1. The molecule has 2 rings (SSSR count). The molecule has 5 nitrogen and oxygen atoms in total. The van der Waals surface area contributed by atoms with E-state index in [1.807, 2.05) is 0 Å². The van der Waals surface area contributed by atoms with Gasteiger partial charge < -0.3 is 9.47 Å². The molecule has 0 fully saturated rings. The number of halogens is 4. The van der Waals surface area contributed by atoms with Crippen molar-refractivity contribution in [1.82, 2.24) is 0 Å². The Kier molecular flexibility index (Phi) is 8.38. The van der Waals surface area contributed by atoms with E-state index in [0.717, 1.165) is 14.0 Å². The number of non-ortho nitro benzene ring substituents is 1. The van der Waals surface area contributed by atoms with Crippen LogP contribution in [0.5, 0.6) is 11.5 Å². The summed E-state index contributed by atoms with van der Waals surface area (Å²) in [6.07, 6.45) is 0. The summed E-state index contributed by atoms with van der Waals surface area (Å²) in [5.41, 5.74) is -0.624. The molecule has 0 aliphatic rings. The van der Waals surface area contributed by atoms with Crippen molar-refractivity contribution in [2.24, 2.45) is 0 Å². The molecule has 0 heterocycles. The summed E-state index contributed by atoms with van der Waals surface area (Å²) in [5.74, 6) is -6.32. The Morgan fingerprint density at radius 2 is 1.32 bits per heavy atom. The quantitative estimate of drug-likeness (QED) is 0.340. The van der Waals surface area contributed by atoms with Crippen LogP contribution in [0, 0.1) is 40.3 Å². The average Bonchev–Trinajstić information content (AvgIpc) is 2.59. The van der Waals surface area contributed by atoms with Crippen LogP contribution in [0.15, 0.2) is 24.3 Å². The molecule has 138 valence electrons. The SMILES string of the molecule is C.COc1c(F)c(F)c(C)c(F)c1F.COc1ccc([N+](=O)[O-])cc1. The fraction of sp³-hybridized carbons (Fsp3) is 0.250. The third-order valence-corrected chi connectivity index (χ3v) is 2.93. The van der Waals surface area contributed by atoms with Crippen LogP contribution in [0.25, 0.3) is 0 Å². The molecule has 25 heavy (non-hydrogen) atoms. The van der Waals surface area contributed by atoms with Crippen LogP contribution >= 0.6 is 0 Å². The van der Waals surface area contributed by atoms with Gasteiger partial charge in [-0.05, 0) is 19.1 Å². The van der Waals surface area contributed by atoms with Crippen LogP contribution in [0.1, 0.15) is 13.0 Å². The van der Waals surface area contributed by atoms with Gasteiger partial charge in [-0.15, -0.1) is 0 Å². The molecule has 0 radical (unpaired) electrons. The van der Waals surface area contributed by atoms with E-state index in [0.29, 0.717) is 5.75 Å². The van der Waals surface area contributed by atoms with E-state index in [1.54, 1.807) is 12.1 Å². The first-order valence-electron chi connectivity index (χ1n) is 6.39. The van der Waals surface area contributed by atoms with Crippen LogP contribution in [-0.4, -0.2) is 19.1 Å². The fourth-order valence-electron chi connectivity index (χ4n) is 1.60. The molecule has 0 amide bonds. The summed E-state index contributed by atoms with van der Waals surface area (Å²) in [5, 5.41) is 10.2. The Morgan fingerprint density at radius 3 is 1.64 bits per heavy atom. The molecular formula is C16H17F4NO4. The van der Waals surface area contributed by atoms with Gasteiger partial charge in [-0.3, -0.25) is 10.1 Å². The lowest BCUT2D eigenvalue weighted by molar-refractivity contribution is -0.384. The first-order chi connectivity index (χ1) is 11.2. The zero-order valence-electron chi connectivity index (χ0n) is 12.9. The number of hydrogen-bond acceptors (Lipinski definition) is 4. The Bertz CT molecular complexity index is 707. The highest BCUT2D eigenvalue weighted by Gasteiger charge is 2.23. The standard InChI is InChI=1S/C8H6F4O.C7H7NO3.CH4/c1-3-4(9)6(11)8(13-2)7(12)5(3)10;1-11-7-4-2-6(3-5-7)8(9)10;/h1-2H3;2-5H,1H3;1H4. The van der Waals surface area contributed by atoms with E-state index >= 15 is 0 Å². The van der Waals surface area contributed by atoms with Crippen LogP contribution < -0.4 is 9.47 Å². The van der Waals surface area contributed by atoms with Gasteiger partial charge in [0.25, 0.3) is 5.69 Å². The number of rotatable bonds is 3. The lowest BCUT2D eigenvalue weighted by Gasteiger charge is -2.07. The third-order valence-electron chi connectivity index (χ3n) is 2.93. The second-order valence-electron chi connectivity index (χ2n) is 4.37. The van der Waals surface area contributed by atoms with Crippen molar-refractivity contribution >= 4 is 5.69 Å². The van der Waals surface area contributed by atoms with Gasteiger partial charge in [0.2, 0.25) is 11.6 Å². The summed E-state index contributed by atoms with van der Waals surface area (Å²) < 4.78 is 60.1. The summed E-state index contributed by atoms with van der Waals surface area (Å²) >= 11 is 0. The lowest BCUT2D eigenvalue weighted by atomic mass is 10.2. The van der Waals surface area contributed by atoms with E-state index in [1.165, 1.54) is 19.2 Å². The van der Waals surface area contributed by atoms with Crippen molar-refractivity contribution in [3.05, 3.63) is 63.2 Å². The second kappa shape index (κ2) is 9.45. The van der Waals surface area contributed by atoms with Crippen molar-refractivity contribution < 1.29 is 32.0 Å². The molecule has 0 bridgehead atoms. The van der Waals surface area contributed by atoms with E-state index in [9.17, 15) is 27.7 Å². The zero-order chi connectivity index (χ0) is 18.4. The highest BCUT2D eigenvalue weighted by Crippen LogP contribution is 2.28. The number of ether oxygens (including phenoxy) is 2. The van der Waals surface area contributed by atoms with Gasteiger partial charge in [0.05, 0.1) is 19.1 Å². The predicted octanol–water partition coefficient (Wildman–Crippen LogP) is 4.80. The molecule has 2 aromatic rings. The Morgan fingerprint density at radius 1 is 0.880 bits per heavy atom. The maximum absolute atomic E-state index is 12.8. The number of nitro groups is 1. The number of benzene rings is 2. The minimum Gasteiger partial charge on any atom is -0.497 e. The van der Waals surface area contributed by atoms with E-state index in [2.05, 4.69) is 4.74 Å². The van der Waals surface area contributed by atoms with Crippen LogP contribution in [0.2, 0.25) is 0 Å². The summed E-state index contributed by atoms with van der Waals surface area (Å²) in [4.78, 5) is 9.72. The van der Waals surface area contributed by atoms with Crippen molar-refractivity contribution in [1.29, 1.82) is 0 Å². The first kappa shape index (κ1) is 22.2. The largest absolute Gasteiger partial charge is 0.497 e. The van der Waals surface area contributed by atoms with Gasteiger partial charge in [-0.2, -0.15) is 8.78 Å². The molecule has 0 aliphatic carbocycles. The van der Waals surface area contributed by atoms with E-state index in [-0.39, 0.29) is 13.1 Å². The van der Waals surface area contributed by atoms with E-state index < -0.39 is 39.5 Å². The molecule has 0 saturated carbocycles. The molecule has 0 saturated heterocycles. The summed E-state index contributed by atoms with van der Waals surface area (Å²) in [6, 6.07) is 5.91. The van der Waals surface area contributed by atoms with Crippen molar-refractivity contribution in [2.45, 2.75) is 14.4 Å². The highest BCUT2D eigenvalue weighted by atomic mass is 19.2. The van der Waals surface area contributed by atoms with Crippen molar-refractivity contribution in [3.8, 4) is 11.5 Å². The molecule has 0 spiro atoms. The van der Waals surface area contributed by atoms with Gasteiger partial charge in [-0.1, -0.05) is 7.43 Å². The van der Waals surface area contributed by atoms with Crippen molar-refractivity contribution in [2.75, 3.05) is 14.2 Å². The monoisotopic (exact) mass is 363 g/mol. The van der Waals surface area contributed by atoms with Gasteiger partial charge in [0, 0.05) is 17.7 Å². The Balaban J connectivity index is 0.000000449. The van der Waals surface area contributed by atoms with E-state index in [4.69, 9.17) is 4.74 Å². The number of hydrogen-bond donors (Lipinski definition) is 0. The minimum absolute atomic E-state index is 0. The first-order valence-corrected chi connectivity index (χ1v) is 6.39. The van der Waals surface area contributed by atoms with Crippen LogP contribution in [-0.2, 0) is 0 Å². The topological polar surface area (TPSA) is 61.6 Å². The highest BCUT2D eigenvalue weighted by molar-refractivity contribution is 5.36. The maximum Gasteiger partial charge on any atom is 0.269 e. The van der Waals surface area contributed by atoms with Gasteiger partial charge in [0.15, 0.2) is 17.4 Å².